The van der Waals surface area contributed by atoms with E-state index in [4.69, 9.17) is 35.3 Å². The van der Waals surface area contributed by atoms with Crippen LogP contribution in [0.4, 0.5) is 0 Å². The van der Waals surface area contributed by atoms with Gasteiger partial charge >= 0.3 is 5.97 Å². The quantitative estimate of drug-likeness (QED) is 0.542. The molecule has 0 spiro atoms. The van der Waals surface area contributed by atoms with Gasteiger partial charge in [0.05, 0.1) is 18.8 Å². The molecule has 0 N–H and O–H groups in total. The van der Waals surface area contributed by atoms with Crippen LogP contribution in [0, 0.1) is 0 Å². The summed E-state index contributed by atoms with van der Waals surface area (Å²) in [4.78, 5) is 24.1. The topological polar surface area (TPSA) is 80.3 Å². The maximum absolute atomic E-state index is 12.7. The average molecular weight is 417 g/mol. The van der Waals surface area contributed by atoms with E-state index in [0.29, 0.717) is 40.0 Å². The molecule has 2 aromatic carbocycles. The normalized spacial score (nSPS) is 15.9. The summed E-state index contributed by atoms with van der Waals surface area (Å²) in [6.45, 7) is 2.28. The fourth-order valence-corrected chi connectivity index (χ4v) is 3.31. The number of carbonyl (C=O) groups excluding carboxylic acids is 2. The fraction of sp³-hybridized carbons (Fsp3) is 0.238. The summed E-state index contributed by atoms with van der Waals surface area (Å²) in [6, 6.07) is 8.22. The molecule has 0 fully saturated rings. The van der Waals surface area contributed by atoms with E-state index in [1.807, 2.05) is 0 Å². The average Bonchev–Trinajstić information content (AvgIpc) is 3.01. The predicted octanol–water partition coefficient (Wildman–Crippen LogP) is 3.76. The van der Waals surface area contributed by atoms with Crippen molar-refractivity contribution < 1.29 is 33.3 Å². The van der Waals surface area contributed by atoms with Crippen LogP contribution in [0.25, 0.3) is 6.08 Å². The number of fused-ring (bicyclic) bond motifs is 2. The lowest BCUT2D eigenvalue weighted by atomic mass is 10.1. The third-order valence-corrected chi connectivity index (χ3v) is 4.51. The molecule has 29 heavy (non-hydrogen) atoms. The molecule has 0 unspecified atom stereocenters. The van der Waals surface area contributed by atoms with Crippen molar-refractivity contribution in [3.8, 4) is 17.2 Å². The van der Waals surface area contributed by atoms with Crippen LogP contribution in [0.15, 0.2) is 36.1 Å². The zero-order chi connectivity index (χ0) is 20.4. The van der Waals surface area contributed by atoms with E-state index in [1.165, 1.54) is 0 Å². The van der Waals surface area contributed by atoms with Crippen molar-refractivity contribution in [3.05, 3.63) is 57.8 Å². The van der Waals surface area contributed by atoms with Crippen LogP contribution in [0.5, 0.6) is 17.2 Å². The molecule has 2 aliphatic rings. The van der Waals surface area contributed by atoms with Crippen molar-refractivity contribution in [2.45, 2.75) is 13.5 Å². The summed E-state index contributed by atoms with van der Waals surface area (Å²) in [5.74, 6) is 0.758. The van der Waals surface area contributed by atoms with E-state index in [9.17, 15) is 9.59 Å². The van der Waals surface area contributed by atoms with Gasteiger partial charge in [-0.05, 0) is 37.3 Å². The zero-order valence-electron chi connectivity index (χ0n) is 15.5. The SMILES string of the molecule is CCOC(=O)COc1ccc2c(c1)OC(=Cc1cc(Cl)cc3c1OCOC3)C2=O. The summed E-state index contributed by atoms with van der Waals surface area (Å²) < 4.78 is 26.8. The number of ether oxygens (including phenoxy) is 5. The lowest BCUT2D eigenvalue weighted by Crippen LogP contribution is -2.14. The Bertz CT molecular complexity index is 1010. The molecule has 2 aromatic rings. The van der Waals surface area contributed by atoms with Crippen LogP contribution < -0.4 is 14.2 Å². The summed E-state index contributed by atoms with van der Waals surface area (Å²) >= 11 is 6.18. The molecule has 2 aliphatic heterocycles. The Morgan fingerprint density at radius 3 is 2.97 bits per heavy atom. The third-order valence-electron chi connectivity index (χ3n) is 4.29. The first-order valence-corrected chi connectivity index (χ1v) is 9.32. The second-order valence-corrected chi connectivity index (χ2v) is 6.72. The Labute approximate surface area is 171 Å². The molecule has 0 aromatic heterocycles. The highest BCUT2D eigenvalue weighted by Gasteiger charge is 2.29. The van der Waals surface area contributed by atoms with Gasteiger partial charge in [0.1, 0.15) is 17.2 Å². The van der Waals surface area contributed by atoms with E-state index in [0.717, 1.165) is 5.56 Å². The zero-order valence-corrected chi connectivity index (χ0v) is 16.3. The number of esters is 1. The number of benzene rings is 2. The molecule has 0 amide bonds. The first kappa shape index (κ1) is 19.3. The molecule has 0 saturated heterocycles. The van der Waals surface area contributed by atoms with Crippen LogP contribution >= 0.6 is 11.6 Å². The molecular formula is C21H17ClO7. The Kier molecular flexibility index (Phi) is 5.42. The third kappa shape index (κ3) is 4.06. The molecular weight excluding hydrogens is 400 g/mol. The molecule has 150 valence electrons. The van der Waals surface area contributed by atoms with Crippen molar-refractivity contribution in [1.29, 1.82) is 0 Å². The van der Waals surface area contributed by atoms with Crippen LogP contribution in [0.3, 0.4) is 0 Å². The van der Waals surface area contributed by atoms with Gasteiger partial charge in [-0.25, -0.2) is 4.79 Å². The van der Waals surface area contributed by atoms with E-state index in [2.05, 4.69) is 0 Å². The van der Waals surface area contributed by atoms with Crippen molar-refractivity contribution in [3.63, 3.8) is 0 Å². The highest BCUT2D eigenvalue weighted by atomic mass is 35.5. The van der Waals surface area contributed by atoms with Crippen LogP contribution in [0.2, 0.25) is 5.02 Å². The summed E-state index contributed by atoms with van der Waals surface area (Å²) in [7, 11) is 0. The Morgan fingerprint density at radius 1 is 1.28 bits per heavy atom. The maximum Gasteiger partial charge on any atom is 0.344 e. The number of allylic oxidation sites excluding steroid dienone is 1. The Hall–Kier alpha value is -3.03. The minimum atomic E-state index is -0.472. The van der Waals surface area contributed by atoms with Gasteiger partial charge < -0.3 is 23.7 Å². The monoisotopic (exact) mass is 416 g/mol. The van der Waals surface area contributed by atoms with Gasteiger partial charge in [0.2, 0.25) is 5.78 Å². The lowest BCUT2D eigenvalue weighted by Gasteiger charge is -2.20. The highest BCUT2D eigenvalue weighted by Crippen LogP contribution is 2.38. The largest absolute Gasteiger partial charge is 0.482 e. The number of hydrogen-bond donors (Lipinski definition) is 0. The molecule has 0 saturated carbocycles. The van der Waals surface area contributed by atoms with Gasteiger partial charge in [-0.1, -0.05) is 11.6 Å². The van der Waals surface area contributed by atoms with E-state index in [1.54, 1.807) is 43.3 Å². The highest BCUT2D eigenvalue weighted by molar-refractivity contribution is 6.31. The van der Waals surface area contributed by atoms with E-state index in [-0.39, 0.29) is 31.5 Å². The number of hydrogen-bond acceptors (Lipinski definition) is 7. The van der Waals surface area contributed by atoms with Crippen LogP contribution in [-0.2, 0) is 20.9 Å². The molecule has 8 heteroatoms. The van der Waals surface area contributed by atoms with Gasteiger partial charge in [-0.3, -0.25) is 4.79 Å². The number of Topliss-reactive ketones (excluding diaryl/α,β-unsaturated/α-hetero) is 1. The van der Waals surface area contributed by atoms with Crippen molar-refractivity contribution in [1.82, 2.24) is 0 Å². The minimum Gasteiger partial charge on any atom is -0.482 e. The smallest absolute Gasteiger partial charge is 0.344 e. The Balaban J connectivity index is 1.57. The number of carbonyl (C=O) groups is 2. The standard InChI is InChI=1S/C21H17ClO7/c1-2-26-19(23)10-27-15-3-4-16-17(8-15)29-18(20(16)24)7-12-5-14(22)6-13-9-25-11-28-21(12)13/h3-8H,2,9-11H2,1H3. The van der Waals surface area contributed by atoms with Gasteiger partial charge in [0, 0.05) is 22.2 Å². The molecule has 7 nitrogen and oxygen atoms in total. The van der Waals surface area contributed by atoms with Gasteiger partial charge in [0.25, 0.3) is 0 Å². The molecule has 2 heterocycles. The second kappa shape index (κ2) is 8.14. The summed E-state index contributed by atoms with van der Waals surface area (Å²) in [5, 5.41) is 0.502. The molecule has 0 radical (unpaired) electrons. The van der Waals surface area contributed by atoms with Crippen LogP contribution in [-0.4, -0.2) is 31.8 Å². The van der Waals surface area contributed by atoms with E-state index >= 15 is 0 Å². The molecule has 4 rings (SSSR count). The summed E-state index contributed by atoms with van der Waals surface area (Å²) in [5.41, 5.74) is 1.83. The van der Waals surface area contributed by atoms with Gasteiger partial charge in [-0.2, -0.15) is 0 Å². The first-order valence-electron chi connectivity index (χ1n) is 8.95. The van der Waals surface area contributed by atoms with Crippen molar-refractivity contribution in [2.75, 3.05) is 20.0 Å². The molecule has 0 atom stereocenters. The second-order valence-electron chi connectivity index (χ2n) is 6.29. The number of halogens is 1. The number of rotatable bonds is 5. The Morgan fingerprint density at radius 2 is 2.14 bits per heavy atom. The van der Waals surface area contributed by atoms with Crippen LogP contribution in [0.1, 0.15) is 28.4 Å². The van der Waals surface area contributed by atoms with E-state index < -0.39 is 5.97 Å². The molecule has 0 aliphatic carbocycles. The predicted molar refractivity (Wildman–Crippen MR) is 103 cm³/mol. The number of ketones is 1. The molecule has 0 bridgehead atoms. The maximum atomic E-state index is 12.7. The minimum absolute atomic E-state index is 0.126. The van der Waals surface area contributed by atoms with Crippen molar-refractivity contribution in [2.24, 2.45) is 0 Å². The van der Waals surface area contributed by atoms with Gasteiger partial charge in [-0.15, -0.1) is 0 Å². The fourth-order valence-electron chi connectivity index (χ4n) is 3.06. The summed E-state index contributed by atoms with van der Waals surface area (Å²) in [6.07, 6.45) is 1.59. The first-order chi connectivity index (χ1) is 14.0. The van der Waals surface area contributed by atoms with Gasteiger partial charge in [0.15, 0.2) is 19.2 Å². The lowest BCUT2D eigenvalue weighted by molar-refractivity contribution is -0.145. The van der Waals surface area contributed by atoms with Crippen molar-refractivity contribution >= 4 is 29.4 Å².